The van der Waals surface area contributed by atoms with Gasteiger partial charge in [0.1, 0.15) is 0 Å². The Balaban J connectivity index is 1.82. The summed E-state index contributed by atoms with van der Waals surface area (Å²) in [7, 11) is 0. The van der Waals surface area contributed by atoms with E-state index in [2.05, 4.69) is 65.8 Å². The van der Waals surface area contributed by atoms with E-state index in [4.69, 9.17) is 9.47 Å². The van der Waals surface area contributed by atoms with E-state index < -0.39 is 5.79 Å². The van der Waals surface area contributed by atoms with E-state index in [-0.39, 0.29) is 24.7 Å². The van der Waals surface area contributed by atoms with Crippen molar-refractivity contribution in [2.45, 2.75) is 85.2 Å². The van der Waals surface area contributed by atoms with Crippen LogP contribution in [0.25, 0.3) is 0 Å². The van der Waals surface area contributed by atoms with E-state index in [1.807, 2.05) is 6.08 Å². The van der Waals surface area contributed by atoms with Gasteiger partial charge in [0.25, 0.3) is 0 Å². The summed E-state index contributed by atoms with van der Waals surface area (Å²) >= 11 is 0. The van der Waals surface area contributed by atoms with Gasteiger partial charge in [-0.15, -0.1) is 0 Å². The van der Waals surface area contributed by atoms with Gasteiger partial charge in [-0.05, 0) is 83.9 Å². The van der Waals surface area contributed by atoms with Crippen LogP contribution >= 0.6 is 0 Å². The maximum atomic E-state index is 10.1. The van der Waals surface area contributed by atoms with E-state index in [0.29, 0.717) is 5.92 Å². The maximum absolute atomic E-state index is 10.1. The number of ether oxygens (including phenoxy) is 2. The van der Waals surface area contributed by atoms with Crippen LogP contribution in [-0.2, 0) is 9.47 Å². The fraction of sp³-hybridized carbons (Fsp3) is 0.615. The van der Waals surface area contributed by atoms with Crippen LogP contribution in [-0.4, -0.2) is 29.7 Å². The minimum absolute atomic E-state index is 0.00737. The number of hydrogen-bond donors (Lipinski definition) is 1. The summed E-state index contributed by atoms with van der Waals surface area (Å²) in [4.78, 5) is 0. The molecule has 5 atom stereocenters. The molecule has 160 valence electrons. The molecule has 29 heavy (non-hydrogen) atoms. The van der Waals surface area contributed by atoms with Gasteiger partial charge >= 0.3 is 0 Å². The predicted molar refractivity (Wildman–Crippen MR) is 119 cm³/mol. The lowest BCUT2D eigenvalue weighted by atomic mass is 9.75. The fourth-order valence-corrected chi connectivity index (χ4v) is 4.75. The monoisotopic (exact) mass is 398 g/mol. The Labute approximate surface area is 176 Å². The molecule has 0 saturated carbocycles. The fourth-order valence-electron chi connectivity index (χ4n) is 4.75. The normalized spacial score (nSPS) is 34.9. The Morgan fingerprint density at radius 3 is 2.66 bits per heavy atom. The Morgan fingerprint density at radius 1 is 1.21 bits per heavy atom. The lowest BCUT2D eigenvalue weighted by Gasteiger charge is -2.46. The second-order valence-corrected chi connectivity index (χ2v) is 9.52. The second kappa shape index (κ2) is 9.16. The molecule has 2 heterocycles. The number of rotatable bonds is 5. The molecular formula is C26H38O3. The Hall–Kier alpha value is -1.42. The van der Waals surface area contributed by atoms with Crippen molar-refractivity contribution in [3.8, 4) is 0 Å². The maximum Gasteiger partial charge on any atom is 0.209 e. The predicted octanol–water partition coefficient (Wildman–Crippen LogP) is 6.03. The number of aliphatic hydroxyl groups is 1. The summed E-state index contributed by atoms with van der Waals surface area (Å²) in [5.41, 5.74) is 6.39. The highest BCUT2D eigenvalue weighted by molar-refractivity contribution is 5.31. The van der Waals surface area contributed by atoms with Crippen molar-refractivity contribution < 1.29 is 14.6 Å². The molecule has 1 N–H and O–H groups in total. The van der Waals surface area contributed by atoms with Crippen LogP contribution in [0.2, 0.25) is 0 Å². The van der Waals surface area contributed by atoms with E-state index in [0.717, 1.165) is 31.3 Å². The minimum Gasteiger partial charge on any atom is -0.392 e. The second-order valence-electron chi connectivity index (χ2n) is 9.52. The molecule has 3 aliphatic rings. The van der Waals surface area contributed by atoms with Crippen LogP contribution in [0.15, 0.2) is 58.2 Å². The zero-order valence-corrected chi connectivity index (χ0v) is 19.0. The van der Waals surface area contributed by atoms with Gasteiger partial charge in [0.15, 0.2) is 0 Å². The summed E-state index contributed by atoms with van der Waals surface area (Å²) in [6.07, 6.45) is 14.9. The Bertz CT molecular complexity index is 763. The van der Waals surface area contributed by atoms with Crippen molar-refractivity contribution >= 4 is 0 Å². The Kier molecular flexibility index (Phi) is 7.03. The van der Waals surface area contributed by atoms with Crippen LogP contribution < -0.4 is 0 Å². The first-order chi connectivity index (χ1) is 13.7. The van der Waals surface area contributed by atoms with Gasteiger partial charge in [-0.2, -0.15) is 0 Å². The van der Waals surface area contributed by atoms with Crippen molar-refractivity contribution in [1.82, 2.24) is 0 Å². The van der Waals surface area contributed by atoms with E-state index in [9.17, 15) is 5.11 Å². The molecule has 0 aromatic carbocycles. The quantitative estimate of drug-likeness (QED) is 0.575. The van der Waals surface area contributed by atoms with Crippen LogP contribution in [0, 0.1) is 11.8 Å². The lowest BCUT2D eigenvalue weighted by molar-refractivity contribution is -0.225. The first-order valence-corrected chi connectivity index (χ1v) is 11.1. The van der Waals surface area contributed by atoms with Crippen LogP contribution in [0.5, 0.6) is 0 Å². The number of fused-ring (bicyclic) bond motifs is 1. The van der Waals surface area contributed by atoms with Gasteiger partial charge in [0.05, 0.1) is 18.8 Å². The SMILES string of the molecule is CC(C)=CCC/C(C)=C/[C@H]1CC(C)=C[C@@]2(C=C(CO)[C@@H]3C[C@@H](C)C(C)=C[C@@H]3O2)O1. The molecule has 0 fully saturated rings. The minimum atomic E-state index is -0.875. The molecule has 0 radical (unpaired) electrons. The highest BCUT2D eigenvalue weighted by atomic mass is 16.7. The summed E-state index contributed by atoms with van der Waals surface area (Å²) in [6.45, 7) is 13.1. The summed E-state index contributed by atoms with van der Waals surface area (Å²) < 4.78 is 13.1. The van der Waals surface area contributed by atoms with Gasteiger partial charge in [-0.25, -0.2) is 0 Å². The largest absolute Gasteiger partial charge is 0.392 e. The first-order valence-electron chi connectivity index (χ1n) is 11.1. The molecule has 0 bridgehead atoms. The standard InChI is InChI=1S/C26H38O3/c1-17(2)8-7-9-18(3)10-23-11-19(4)14-26(28-23)15-22(16-27)24-12-20(5)21(6)13-25(24)29-26/h8,10,13-15,20,23-25,27H,7,9,11-12,16H2,1-6H3/b18-10+/t20-,23+,24+,25+,26-/m1/s1. The van der Waals surface area contributed by atoms with Crippen LogP contribution in [0.1, 0.15) is 67.2 Å². The third kappa shape index (κ3) is 5.39. The molecular weight excluding hydrogens is 360 g/mol. The number of aliphatic hydroxyl groups excluding tert-OH is 1. The third-order valence-corrected chi connectivity index (χ3v) is 6.44. The van der Waals surface area contributed by atoms with Gasteiger partial charge in [0.2, 0.25) is 5.79 Å². The summed E-state index contributed by atoms with van der Waals surface area (Å²) in [6, 6.07) is 0. The van der Waals surface area contributed by atoms with Gasteiger partial charge < -0.3 is 14.6 Å². The molecule has 3 heteroatoms. The highest BCUT2D eigenvalue weighted by Gasteiger charge is 2.45. The molecule has 1 spiro atoms. The number of allylic oxidation sites excluding steroid dienone is 4. The highest BCUT2D eigenvalue weighted by Crippen LogP contribution is 2.44. The zero-order chi connectivity index (χ0) is 21.2. The molecule has 0 aromatic rings. The average molecular weight is 399 g/mol. The molecule has 0 aromatic heterocycles. The molecule has 0 saturated heterocycles. The van der Waals surface area contributed by atoms with Gasteiger partial charge in [0, 0.05) is 5.92 Å². The van der Waals surface area contributed by atoms with Crippen molar-refractivity contribution in [2.24, 2.45) is 11.8 Å². The lowest BCUT2D eigenvalue weighted by Crippen LogP contribution is -2.48. The van der Waals surface area contributed by atoms with Crippen LogP contribution in [0.3, 0.4) is 0 Å². The van der Waals surface area contributed by atoms with E-state index in [1.54, 1.807) is 0 Å². The molecule has 0 unspecified atom stereocenters. The number of hydrogen-bond acceptors (Lipinski definition) is 3. The molecule has 2 aliphatic heterocycles. The topological polar surface area (TPSA) is 38.7 Å². The molecule has 3 nitrogen and oxygen atoms in total. The van der Waals surface area contributed by atoms with E-state index in [1.165, 1.54) is 22.3 Å². The first kappa shape index (κ1) is 22.3. The summed E-state index contributed by atoms with van der Waals surface area (Å²) in [5, 5.41) is 10.1. The Morgan fingerprint density at radius 2 is 1.97 bits per heavy atom. The zero-order valence-electron chi connectivity index (χ0n) is 19.0. The van der Waals surface area contributed by atoms with Crippen molar-refractivity contribution in [2.75, 3.05) is 6.61 Å². The van der Waals surface area contributed by atoms with Gasteiger partial charge in [-0.1, -0.05) is 47.4 Å². The summed E-state index contributed by atoms with van der Waals surface area (Å²) in [5.74, 6) is -0.115. The van der Waals surface area contributed by atoms with Crippen molar-refractivity contribution in [3.05, 3.63) is 58.2 Å². The van der Waals surface area contributed by atoms with Crippen molar-refractivity contribution in [1.29, 1.82) is 0 Å². The molecule has 1 aliphatic carbocycles. The van der Waals surface area contributed by atoms with E-state index >= 15 is 0 Å². The van der Waals surface area contributed by atoms with Crippen molar-refractivity contribution in [3.63, 3.8) is 0 Å². The van der Waals surface area contributed by atoms with Crippen LogP contribution in [0.4, 0.5) is 0 Å². The molecule has 0 amide bonds. The molecule has 3 rings (SSSR count). The average Bonchev–Trinajstić information content (AvgIpc) is 2.61. The third-order valence-electron chi connectivity index (χ3n) is 6.44. The van der Waals surface area contributed by atoms with Gasteiger partial charge in [-0.3, -0.25) is 0 Å². The smallest absolute Gasteiger partial charge is 0.209 e.